The molecule has 0 saturated carbocycles. The van der Waals surface area contributed by atoms with E-state index < -0.39 is 10.9 Å². The number of hydrogen-bond acceptors (Lipinski definition) is 9. The lowest BCUT2D eigenvalue weighted by atomic mass is 10.0. The summed E-state index contributed by atoms with van der Waals surface area (Å²) in [5.74, 6) is -0.105. The smallest absolute Gasteiger partial charge is 0.253 e. The molecule has 2 fully saturated rings. The second-order valence-electron chi connectivity index (χ2n) is 7.86. The van der Waals surface area contributed by atoms with E-state index in [2.05, 4.69) is 10.6 Å². The summed E-state index contributed by atoms with van der Waals surface area (Å²) in [5.41, 5.74) is -0.531. The van der Waals surface area contributed by atoms with Crippen LogP contribution in [0.15, 0.2) is 26.6 Å². The van der Waals surface area contributed by atoms with Crippen LogP contribution in [-0.2, 0) is 9.57 Å². The quantitative estimate of drug-likeness (QED) is 0.304. The minimum absolute atomic E-state index is 0.00958. The molecule has 2 aliphatic rings. The van der Waals surface area contributed by atoms with Gasteiger partial charge in [-0.2, -0.15) is 0 Å². The monoisotopic (exact) mass is 467 g/mol. The van der Waals surface area contributed by atoms with Crippen LogP contribution >= 0.6 is 23.5 Å². The summed E-state index contributed by atoms with van der Waals surface area (Å²) in [4.78, 5) is 30.4. The van der Waals surface area contributed by atoms with Gasteiger partial charge in [0.05, 0.1) is 40.5 Å². The molecule has 2 unspecified atom stereocenters. The summed E-state index contributed by atoms with van der Waals surface area (Å²) < 4.78 is 7.59. The number of hydroxylamine groups is 1. The van der Waals surface area contributed by atoms with Gasteiger partial charge in [0.15, 0.2) is 5.75 Å². The van der Waals surface area contributed by atoms with Crippen LogP contribution in [0.4, 0.5) is 17.1 Å². The molecule has 4 rings (SSSR count). The van der Waals surface area contributed by atoms with Crippen molar-refractivity contribution in [1.29, 1.82) is 0 Å². The Morgan fingerprint density at radius 1 is 1.29 bits per heavy atom. The summed E-state index contributed by atoms with van der Waals surface area (Å²) in [6, 6.07) is 3.13. The lowest BCUT2D eigenvalue weighted by Crippen LogP contribution is -2.42. The predicted octanol–water partition coefficient (Wildman–Crippen LogP) is 3.79. The summed E-state index contributed by atoms with van der Waals surface area (Å²) in [6.45, 7) is 5.37. The third kappa shape index (κ3) is 4.56. The number of phenols is 1. The molecule has 10 heteroatoms. The van der Waals surface area contributed by atoms with Crippen LogP contribution in [0.2, 0.25) is 5.02 Å². The first kappa shape index (κ1) is 22.4. The average molecular weight is 468 g/mol. The number of nitrogens with zero attached hydrogens (tertiary/aromatic N) is 1. The zero-order valence-electron chi connectivity index (χ0n) is 17.4. The van der Waals surface area contributed by atoms with Crippen molar-refractivity contribution >= 4 is 40.6 Å². The van der Waals surface area contributed by atoms with Crippen molar-refractivity contribution in [2.75, 3.05) is 23.8 Å². The molecule has 2 saturated heterocycles. The molecule has 31 heavy (non-hydrogen) atoms. The molecule has 0 amide bonds. The first-order valence-corrected chi connectivity index (χ1v) is 11.7. The van der Waals surface area contributed by atoms with Crippen molar-refractivity contribution in [3.8, 4) is 5.75 Å². The zero-order valence-corrected chi connectivity index (χ0v) is 19.0. The van der Waals surface area contributed by atoms with Gasteiger partial charge in [-0.25, -0.2) is 0 Å². The molecule has 2 heterocycles. The van der Waals surface area contributed by atoms with E-state index in [-0.39, 0.29) is 35.4 Å². The molecule has 168 valence electrons. The van der Waals surface area contributed by atoms with Gasteiger partial charge in [-0.05, 0) is 56.7 Å². The van der Waals surface area contributed by atoms with E-state index in [1.165, 1.54) is 11.9 Å². The Kier molecular flexibility index (Phi) is 6.78. The van der Waals surface area contributed by atoms with Gasteiger partial charge in [-0.1, -0.05) is 18.5 Å². The Morgan fingerprint density at radius 3 is 2.71 bits per heavy atom. The standard InChI is InChI=1S/C21H26ClN3O5S/c1-3-13(15-8-5-11(2)30-15)23-16-17(20(28)19(16)27)24-14-7-6-12(22)21(18(14)26)31-25-9-4-10-29-25/h6-7,11,13,15,23-24,26H,3-5,8-10H2,1-2H3/t11?,13-,15?/m1/s1. The van der Waals surface area contributed by atoms with Crippen LogP contribution in [0.5, 0.6) is 5.75 Å². The Labute approximate surface area is 189 Å². The molecule has 2 aromatic rings. The number of rotatable bonds is 8. The highest BCUT2D eigenvalue weighted by molar-refractivity contribution is 7.97. The van der Waals surface area contributed by atoms with Crippen LogP contribution < -0.4 is 21.5 Å². The third-order valence-corrected chi connectivity index (χ3v) is 7.16. The van der Waals surface area contributed by atoms with Crippen LogP contribution in [0, 0.1) is 0 Å². The molecule has 2 aromatic carbocycles. The van der Waals surface area contributed by atoms with Crippen molar-refractivity contribution in [2.45, 2.75) is 62.7 Å². The maximum Gasteiger partial charge on any atom is 0.253 e. The van der Waals surface area contributed by atoms with Crippen LogP contribution in [0.25, 0.3) is 0 Å². The number of ether oxygens (including phenoxy) is 1. The number of aromatic hydroxyl groups is 1. The van der Waals surface area contributed by atoms with E-state index in [1.807, 2.05) is 13.8 Å². The highest BCUT2D eigenvalue weighted by atomic mass is 35.5. The van der Waals surface area contributed by atoms with Gasteiger partial charge in [0.1, 0.15) is 11.4 Å². The Morgan fingerprint density at radius 2 is 2.06 bits per heavy atom. The van der Waals surface area contributed by atoms with Crippen molar-refractivity contribution < 1.29 is 14.7 Å². The van der Waals surface area contributed by atoms with E-state index in [9.17, 15) is 14.7 Å². The largest absolute Gasteiger partial charge is 0.505 e. The average Bonchev–Trinajstić information content (AvgIpc) is 3.43. The summed E-state index contributed by atoms with van der Waals surface area (Å²) in [7, 11) is 0. The fourth-order valence-electron chi connectivity index (χ4n) is 3.89. The van der Waals surface area contributed by atoms with Crippen molar-refractivity contribution in [2.24, 2.45) is 0 Å². The first-order valence-electron chi connectivity index (χ1n) is 10.5. The van der Waals surface area contributed by atoms with Crippen molar-refractivity contribution in [1.82, 2.24) is 4.47 Å². The molecule has 0 aliphatic carbocycles. The van der Waals surface area contributed by atoms with E-state index in [1.54, 1.807) is 16.6 Å². The third-order valence-electron chi connectivity index (χ3n) is 5.65. The summed E-state index contributed by atoms with van der Waals surface area (Å²) >= 11 is 7.46. The van der Waals surface area contributed by atoms with Gasteiger partial charge < -0.3 is 20.5 Å². The van der Waals surface area contributed by atoms with Gasteiger partial charge in [0.2, 0.25) is 0 Å². The zero-order chi connectivity index (χ0) is 22.1. The number of hydrogen-bond donors (Lipinski definition) is 3. The highest BCUT2D eigenvalue weighted by Crippen LogP contribution is 2.43. The van der Waals surface area contributed by atoms with Crippen LogP contribution in [0.1, 0.15) is 39.5 Å². The normalized spacial score (nSPS) is 22.8. The minimum Gasteiger partial charge on any atom is -0.505 e. The second-order valence-corrected chi connectivity index (χ2v) is 9.27. The molecular weight excluding hydrogens is 442 g/mol. The van der Waals surface area contributed by atoms with Gasteiger partial charge in [-0.3, -0.25) is 14.4 Å². The number of phenolic OH excluding ortho intramolecular Hbond substituents is 1. The highest BCUT2D eigenvalue weighted by Gasteiger charge is 2.32. The fourth-order valence-corrected chi connectivity index (χ4v) is 5.05. The SMILES string of the molecule is CC[C@@H](Nc1c(Nc2ccc(Cl)c(SN3CCCO3)c2O)c(=O)c1=O)C1CCC(C)O1. The molecule has 8 nitrogen and oxygen atoms in total. The molecular formula is C21H26ClN3O5S. The van der Waals surface area contributed by atoms with Gasteiger partial charge >= 0.3 is 0 Å². The Balaban J connectivity index is 1.54. The lowest BCUT2D eigenvalue weighted by Gasteiger charge is -2.26. The molecule has 0 spiro atoms. The number of anilines is 3. The molecule has 3 N–H and O–H groups in total. The Bertz CT molecular complexity index is 1020. The topological polar surface area (TPSA) is 100 Å². The lowest BCUT2D eigenvalue weighted by molar-refractivity contribution is -0.0176. The fraction of sp³-hybridized carbons (Fsp3) is 0.524. The summed E-state index contributed by atoms with van der Waals surface area (Å²) in [6.07, 6.45) is 3.70. The summed E-state index contributed by atoms with van der Waals surface area (Å²) in [5, 5.41) is 17.2. The molecule has 0 radical (unpaired) electrons. The van der Waals surface area contributed by atoms with E-state index in [0.29, 0.717) is 28.8 Å². The number of benzene rings is 1. The van der Waals surface area contributed by atoms with Crippen molar-refractivity contribution in [3.63, 3.8) is 0 Å². The van der Waals surface area contributed by atoms with Gasteiger partial charge in [0.25, 0.3) is 10.9 Å². The van der Waals surface area contributed by atoms with Gasteiger partial charge in [0, 0.05) is 6.54 Å². The first-order chi connectivity index (χ1) is 14.9. The van der Waals surface area contributed by atoms with E-state index >= 15 is 0 Å². The minimum atomic E-state index is -0.621. The predicted molar refractivity (Wildman–Crippen MR) is 122 cm³/mol. The maximum atomic E-state index is 12.3. The maximum absolute atomic E-state index is 12.3. The number of nitrogens with one attached hydrogen (secondary N) is 2. The van der Waals surface area contributed by atoms with E-state index in [0.717, 1.165) is 25.7 Å². The Hall–Kier alpha value is -1.78. The molecule has 2 aliphatic heterocycles. The van der Waals surface area contributed by atoms with Crippen LogP contribution in [0.3, 0.4) is 0 Å². The van der Waals surface area contributed by atoms with Crippen LogP contribution in [-0.4, -0.2) is 41.0 Å². The van der Waals surface area contributed by atoms with Gasteiger partial charge in [-0.15, -0.1) is 4.47 Å². The molecule has 0 aromatic heterocycles. The molecule has 0 bridgehead atoms. The van der Waals surface area contributed by atoms with E-state index in [4.69, 9.17) is 21.2 Å². The van der Waals surface area contributed by atoms with Crippen molar-refractivity contribution in [3.05, 3.63) is 37.6 Å². The number of halogens is 1. The molecule has 3 atom stereocenters. The second kappa shape index (κ2) is 9.38.